The second-order valence-electron chi connectivity index (χ2n) is 2.54. The van der Waals surface area contributed by atoms with Crippen molar-refractivity contribution in [1.29, 1.82) is 0 Å². The number of rotatable bonds is 3. The molecule has 1 amide bonds. The maximum Gasteiger partial charge on any atom is 0.252 e. The van der Waals surface area contributed by atoms with E-state index in [-0.39, 0.29) is 5.91 Å². The minimum absolute atomic E-state index is 0.170. The van der Waals surface area contributed by atoms with E-state index in [1.165, 1.54) is 6.20 Å². The smallest absolute Gasteiger partial charge is 0.252 e. The Kier molecular flexibility index (Phi) is 4.50. The Morgan fingerprint density at radius 2 is 2.29 bits per heavy atom. The monoisotopic (exact) mass is 321 g/mol. The molecule has 3 N–H and O–H groups in total. The van der Waals surface area contributed by atoms with Gasteiger partial charge in [0, 0.05) is 19.3 Å². The minimum atomic E-state index is -0.170. The number of aromatic nitrogens is 1. The van der Waals surface area contributed by atoms with Crippen LogP contribution in [0.1, 0.15) is 10.4 Å². The third-order valence-electron chi connectivity index (χ3n) is 1.49. The fourth-order valence-corrected chi connectivity index (χ4v) is 1.40. The lowest BCUT2D eigenvalue weighted by atomic mass is 10.3. The van der Waals surface area contributed by atoms with Crippen LogP contribution in [-0.4, -0.2) is 24.0 Å². The van der Waals surface area contributed by atoms with Crippen molar-refractivity contribution in [3.05, 3.63) is 26.9 Å². The van der Waals surface area contributed by atoms with E-state index in [1.807, 2.05) is 0 Å². The topological polar surface area (TPSA) is 68.0 Å². The van der Waals surface area contributed by atoms with Crippen LogP contribution in [0.5, 0.6) is 0 Å². The van der Waals surface area contributed by atoms with Crippen LogP contribution in [0.15, 0.2) is 21.3 Å². The first kappa shape index (κ1) is 11.6. The van der Waals surface area contributed by atoms with Gasteiger partial charge in [-0.1, -0.05) is 0 Å². The Labute approximate surface area is 98.5 Å². The maximum absolute atomic E-state index is 11.4. The molecule has 0 fully saturated rings. The molecule has 1 heterocycles. The number of amides is 1. The van der Waals surface area contributed by atoms with E-state index in [0.29, 0.717) is 23.3 Å². The van der Waals surface area contributed by atoms with E-state index in [2.05, 4.69) is 42.2 Å². The van der Waals surface area contributed by atoms with Crippen LogP contribution in [-0.2, 0) is 0 Å². The number of carbonyl (C=O) groups excluding carboxylic acids is 1. The molecule has 1 rings (SSSR count). The van der Waals surface area contributed by atoms with Crippen LogP contribution in [0.25, 0.3) is 0 Å². The predicted molar refractivity (Wildman–Crippen MR) is 61.0 cm³/mol. The van der Waals surface area contributed by atoms with Gasteiger partial charge in [-0.2, -0.15) is 0 Å². The predicted octanol–water partition coefficient (Wildman–Crippen LogP) is 1.30. The van der Waals surface area contributed by atoms with Gasteiger partial charge in [0.15, 0.2) is 0 Å². The molecule has 4 nitrogen and oxygen atoms in total. The molecule has 0 aliphatic heterocycles. The van der Waals surface area contributed by atoms with Gasteiger partial charge in [0.05, 0.1) is 10.0 Å². The fourth-order valence-electron chi connectivity index (χ4n) is 0.833. The first-order chi connectivity index (χ1) is 6.65. The summed E-state index contributed by atoms with van der Waals surface area (Å²) in [5.41, 5.74) is 5.77. The van der Waals surface area contributed by atoms with Crippen LogP contribution in [0.3, 0.4) is 0 Å². The summed E-state index contributed by atoms with van der Waals surface area (Å²) in [6.45, 7) is 0.892. The van der Waals surface area contributed by atoms with Crippen molar-refractivity contribution in [3.63, 3.8) is 0 Å². The van der Waals surface area contributed by atoms with Crippen LogP contribution < -0.4 is 11.1 Å². The number of nitrogens with zero attached hydrogens (tertiary/aromatic N) is 1. The number of halogens is 2. The maximum atomic E-state index is 11.4. The Morgan fingerprint density at radius 1 is 1.57 bits per heavy atom. The zero-order valence-corrected chi connectivity index (χ0v) is 10.4. The van der Waals surface area contributed by atoms with Crippen molar-refractivity contribution in [2.75, 3.05) is 13.1 Å². The van der Waals surface area contributed by atoms with Gasteiger partial charge < -0.3 is 11.1 Å². The molecule has 1 aromatic heterocycles. The molecule has 0 saturated carbocycles. The molecule has 0 atom stereocenters. The zero-order chi connectivity index (χ0) is 10.6. The van der Waals surface area contributed by atoms with Gasteiger partial charge in [-0.15, -0.1) is 0 Å². The summed E-state index contributed by atoms with van der Waals surface area (Å²) < 4.78 is 1.42. The number of carbonyl (C=O) groups is 1. The lowest BCUT2D eigenvalue weighted by molar-refractivity contribution is 0.0954. The first-order valence-electron chi connectivity index (χ1n) is 3.94. The number of nitrogens with one attached hydrogen (secondary N) is 1. The lowest BCUT2D eigenvalue weighted by Gasteiger charge is -2.03. The first-order valence-corrected chi connectivity index (χ1v) is 5.53. The minimum Gasteiger partial charge on any atom is -0.351 e. The third-order valence-corrected chi connectivity index (χ3v) is 3.26. The van der Waals surface area contributed by atoms with E-state index in [4.69, 9.17) is 5.73 Å². The quantitative estimate of drug-likeness (QED) is 0.824. The average Bonchev–Trinajstić information content (AvgIpc) is 2.18. The van der Waals surface area contributed by atoms with Crippen LogP contribution in [0, 0.1) is 0 Å². The SMILES string of the molecule is NCCNC(=O)c1cnc(Br)c(Br)c1. The Hall–Kier alpha value is -0.460. The van der Waals surface area contributed by atoms with E-state index in [9.17, 15) is 4.79 Å². The van der Waals surface area contributed by atoms with Crippen molar-refractivity contribution in [2.24, 2.45) is 5.73 Å². The summed E-state index contributed by atoms with van der Waals surface area (Å²) in [7, 11) is 0. The molecule has 0 saturated heterocycles. The summed E-state index contributed by atoms with van der Waals surface area (Å²) in [5, 5.41) is 2.66. The number of hydrogen-bond acceptors (Lipinski definition) is 3. The van der Waals surface area contributed by atoms with E-state index < -0.39 is 0 Å². The highest BCUT2D eigenvalue weighted by molar-refractivity contribution is 9.13. The second-order valence-corrected chi connectivity index (χ2v) is 4.15. The second kappa shape index (κ2) is 5.43. The van der Waals surface area contributed by atoms with E-state index >= 15 is 0 Å². The molecule has 0 aliphatic carbocycles. The normalized spacial score (nSPS) is 9.93. The van der Waals surface area contributed by atoms with E-state index in [0.717, 1.165) is 4.47 Å². The number of hydrogen-bond donors (Lipinski definition) is 2. The molecule has 1 aromatic rings. The molecule has 0 aromatic carbocycles. The largest absolute Gasteiger partial charge is 0.351 e. The van der Waals surface area contributed by atoms with Crippen LogP contribution in [0.2, 0.25) is 0 Å². The zero-order valence-electron chi connectivity index (χ0n) is 7.26. The van der Waals surface area contributed by atoms with Crippen LogP contribution in [0.4, 0.5) is 0 Å². The van der Waals surface area contributed by atoms with Crippen molar-refractivity contribution in [3.8, 4) is 0 Å². The highest BCUT2D eigenvalue weighted by Crippen LogP contribution is 2.20. The average molecular weight is 323 g/mol. The summed E-state index contributed by atoms with van der Waals surface area (Å²) in [6.07, 6.45) is 1.50. The highest BCUT2D eigenvalue weighted by atomic mass is 79.9. The summed E-state index contributed by atoms with van der Waals surface area (Å²) >= 11 is 6.49. The van der Waals surface area contributed by atoms with Crippen molar-refractivity contribution < 1.29 is 4.79 Å². The molecule has 76 valence electrons. The van der Waals surface area contributed by atoms with Gasteiger partial charge >= 0.3 is 0 Å². The molecule has 14 heavy (non-hydrogen) atoms. The van der Waals surface area contributed by atoms with Gasteiger partial charge in [-0.05, 0) is 37.9 Å². The highest BCUT2D eigenvalue weighted by Gasteiger charge is 2.07. The van der Waals surface area contributed by atoms with Crippen molar-refractivity contribution in [2.45, 2.75) is 0 Å². The lowest BCUT2D eigenvalue weighted by Crippen LogP contribution is -2.29. The number of pyridine rings is 1. The fraction of sp³-hybridized carbons (Fsp3) is 0.250. The Balaban J connectivity index is 2.76. The molecule has 0 aliphatic rings. The van der Waals surface area contributed by atoms with Crippen molar-refractivity contribution in [1.82, 2.24) is 10.3 Å². The molecule has 6 heteroatoms. The summed E-state index contributed by atoms with van der Waals surface area (Å²) in [5.74, 6) is -0.170. The molecular weight excluding hydrogens is 314 g/mol. The summed E-state index contributed by atoms with van der Waals surface area (Å²) in [4.78, 5) is 15.4. The van der Waals surface area contributed by atoms with E-state index in [1.54, 1.807) is 6.07 Å². The van der Waals surface area contributed by atoms with Crippen molar-refractivity contribution >= 4 is 37.8 Å². The summed E-state index contributed by atoms with van der Waals surface area (Å²) in [6, 6.07) is 1.70. The standard InChI is InChI=1S/C8H9Br2N3O/c9-6-3-5(4-13-7(6)10)8(14)12-2-1-11/h3-4H,1-2,11H2,(H,12,14). The third kappa shape index (κ3) is 3.04. The van der Waals surface area contributed by atoms with Crippen LogP contribution >= 0.6 is 31.9 Å². The Bertz CT molecular complexity index is 343. The molecule has 0 spiro atoms. The van der Waals surface area contributed by atoms with Gasteiger partial charge in [0.1, 0.15) is 4.60 Å². The molecular formula is C8H9Br2N3O. The van der Waals surface area contributed by atoms with Gasteiger partial charge in [-0.3, -0.25) is 4.79 Å². The van der Waals surface area contributed by atoms with Gasteiger partial charge in [-0.25, -0.2) is 4.98 Å². The Morgan fingerprint density at radius 3 is 2.86 bits per heavy atom. The van der Waals surface area contributed by atoms with Gasteiger partial charge in [0.25, 0.3) is 5.91 Å². The molecule has 0 unspecified atom stereocenters. The van der Waals surface area contributed by atoms with Gasteiger partial charge in [0.2, 0.25) is 0 Å². The number of nitrogens with two attached hydrogens (primary N) is 1. The molecule has 0 radical (unpaired) electrons. The molecule has 0 bridgehead atoms.